The van der Waals surface area contributed by atoms with Gasteiger partial charge >= 0.3 is 5.97 Å². The van der Waals surface area contributed by atoms with Gasteiger partial charge in [-0.15, -0.1) is 11.3 Å². The van der Waals surface area contributed by atoms with Crippen molar-refractivity contribution >= 4 is 28.9 Å². The summed E-state index contributed by atoms with van der Waals surface area (Å²) in [6, 6.07) is 10.7. The van der Waals surface area contributed by atoms with E-state index in [1.165, 1.54) is 23.2 Å². The highest BCUT2D eigenvalue weighted by molar-refractivity contribution is 7.11. The van der Waals surface area contributed by atoms with Gasteiger partial charge in [0, 0.05) is 12.6 Å². The predicted octanol–water partition coefficient (Wildman–Crippen LogP) is 4.48. The lowest BCUT2D eigenvalue weighted by Crippen LogP contribution is -2.37. The summed E-state index contributed by atoms with van der Waals surface area (Å²) in [6.07, 6.45) is 0. The number of ether oxygens (including phenoxy) is 1. The van der Waals surface area contributed by atoms with Crippen LogP contribution in [-0.2, 0) is 14.3 Å². The zero-order valence-electron chi connectivity index (χ0n) is 17.2. The van der Waals surface area contributed by atoms with Crippen molar-refractivity contribution in [2.24, 2.45) is 0 Å². The third kappa shape index (κ3) is 3.66. The van der Waals surface area contributed by atoms with Crippen molar-refractivity contribution in [1.29, 1.82) is 0 Å². The summed E-state index contributed by atoms with van der Waals surface area (Å²) >= 11 is 1.30. The second kappa shape index (κ2) is 8.62. The molecule has 156 valence electrons. The second-order valence-corrected chi connectivity index (χ2v) is 7.78. The molecule has 0 radical (unpaired) electrons. The molecule has 1 unspecified atom stereocenters. The summed E-state index contributed by atoms with van der Waals surface area (Å²) in [6.45, 7) is 6.58. The number of esters is 1. The van der Waals surface area contributed by atoms with Gasteiger partial charge in [0.2, 0.25) is 5.91 Å². The van der Waals surface area contributed by atoms with Crippen molar-refractivity contribution in [3.63, 3.8) is 0 Å². The van der Waals surface area contributed by atoms with E-state index in [0.717, 1.165) is 5.56 Å². The number of hydrogen-bond acceptors (Lipinski definition) is 6. The number of aryl methyl sites for hydroxylation is 1. The van der Waals surface area contributed by atoms with E-state index in [1.54, 1.807) is 43.5 Å². The molecule has 30 heavy (non-hydrogen) atoms. The maximum atomic E-state index is 13.0. The Kier molecular flexibility index (Phi) is 6.17. The van der Waals surface area contributed by atoms with Crippen molar-refractivity contribution in [2.45, 2.75) is 33.6 Å². The van der Waals surface area contributed by atoms with Crippen LogP contribution >= 0.6 is 11.3 Å². The normalized spacial score (nSPS) is 16.7. The van der Waals surface area contributed by atoms with Gasteiger partial charge in [0.15, 0.2) is 0 Å². The summed E-state index contributed by atoms with van der Waals surface area (Å²) < 4.78 is 5.25. The van der Waals surface area contributed by atoms with Crippen molar-refractivity contribution in [1.82, 2.24) is 4.90 Å². The smallest absolute Gasteiger partial charge is 0.337 e. The van der Waals surface area contributed by atoms with Gasteiger partial charge < -0.3 is 4.74 Å². The van der Waals surface area contributed by atoms with Gasteiger partial charge in [0.1, 0.15) is 11.6 Å². The SMILES string of the molecule is CCOC(=O)C1=C(C)N(C(C)=O)C(c2cccs2)=C([N+](=O)[O-])C1c1ccccc1C. The van der Waals surface area contributed by atoms with Crippen molar-refractivity contribution in [3.8, 4) is 0 Å². The average Bonchev–Trinajstić information content (AvgIpc) is 3.21. The van der Waals surface area contributed by atoms with Crippen LogP contribution in [0.1, 0.15) is 42.7 Å². The van der Waals surface area contributed by atoms with E-state index >= 15 is 0 Å². The van der Waals surface area contributed by atoms with Gasteiger partial charge in [-0.2, -0.15) is 0 Å². The number of hydrogen-bond donors (Lipinski definition) is 0. The number of carbonyl (C=O) groups excluding carboxylic acids is 2. The number of nitrogens with zero attached hydrogens (tertiary/aromatic N) is 2. The highest BCUT2D eigenvalue weighted by Gasteiger charge is 2.47. The van der Waals surface area contributed by atoms with E-state index < -0.39 is 22.7 Å². The van der Waals surface area contributed by atoms with E-state index in [4.69, 9.17) is 4.74 Å². The van der Waals surface area contributed by atoms with E-state index in [1.807, 2.05) is 19.1 Å². The first kappa shape index (κ1) is 21.4. The molecule has 0 fully saturated rings. The van der Waals surface area contributed by atoms with E-state index in [0.29, 0.717) is 16.1 Å². The Morgan fingerprint density at radius 1 is 1.20 bits per heavy atom. The third-order valence-corrected chi connectivity index (χ3v) is 5.89. The Bertz CT molecular complexity index is 1070. The van der Waals surface area contributed by atoms with Gasteiger partial charge in [-0.1, -0.05) is 30.3 Å². The fourth-order valence-corrected chi connectivity index (χ4v) is 4.58. The minimum Gasteiger partial charge on any atom is -0.463 e. The lowest BCUT2D eigenvalue weighted by atomic mass is 9.81. The van der Waals surface area contributed by atoms with Crippen LogP contribution in [0.25, 0.3) is 5.70 Å². The molecule has 3 rings (SSSR count). The summed E-state index contributed by atoms with van der Waals surface area (Å²) in [5.74, 6) is -2.05. The minimum atomic E-state index is -0.965. The number of rotatable bonds is 5. The molecular weight excluding hydrogens is 404 g/mol. The average molecular weight is 426 g/mol. The van der Waals surface area contributed by atoms with Gasteiger partial charge in [0.05, 0.1) is 22.0 Å². The Labute approximate surface area is 178 Å². The molecule has 2 aromatic rings. The van der Waals surface area contributed by atoms with Crippen LogP contribution in [-0.4, -0.2) is 28.3 Å². The second-order valence-electron chi connectivity index (χ2n) is 6.83. The molecule has 1 aromatic heterocycles. The molecule has 0 saturated heterocycles. The molecule has 1 atom stereocenters. The number of nitro groups is 1. The van der Waals surface area contributed by atoms with Crippen molar-refractivity contribution < 1.29 is 19.2 Å². The lowest BCUT2D eigenvalue weighted by molar-refractivity contribution is -0.429. The fourth-order valence-electron chi connectivity index (χ4n) is 3.81. The standard InChI is InChI=1S/C22H22N2O5S/c1-5-29-22(26)18-14(3)23(15(4)25)20(17-11-8-12-30-17)21(24(27)28)19(18)16-10-7-6-9-13(16)2/h6-12,19H,5H2,1-4H3. The maximum absolute atomic E-state index is 13.0. The molecular formula is C22H22N2O5S. The lowest BCUT2D eigenvalue weighted by Gasteiger charge is -2.34. The summed E-state index contributed by atoms with van der Waals surface area (Å²) in [7, 11) is 0. The first-order valence-electron chi connectivity index (χ1n) is 9.46. The maximum Gasteiger partial charge on any atom is 0.337 e. The number of allylic oxidation sites excluding steroid dienone is 2. The number of carbonyl (C=O) groups is 2. The monoisotopic (exact) mass is 426 g/mol. The highest BCUT2D eigenvalue weighted by atomic mass is 32.1. The molecule has 8 heteroatoms. The number of amides is 1. The molecule has 0 bridgehead atoms. The van der Waals surface area contributed by atoms with Crippen LogP contribution in [0, 0.1) is 17.0 Å². The first-order chi connectivity index (χ1) is 14.3. The minimum absolute atomic E-state index is 0.105. The number of thiophene rings is 1. The fraction of sp³-hybridized carbons (Fsp3) is 0.273. The summed E-state index contributed by atoms with van der Waals surface area (Å²) in [4.78, 5) is 39.3. The van der Waals surface area contributed by atoms with Crippen LogP contribution in [0.3, 0.4) is 0 Å². The molecule has 1 aromatic carbocycles. The van der Waals surface area contributed by atoms with Crippen LogP contribution in [0.4, 0.5) is 0 Å². The summed E-state index contributed by atoms with van der Waals surface area (Å²) in [5, 5.41) is 14.2. The first-order valence-corrected chi connectivity index (χ1v) is 10.3. The van der Waals surface area contributed by atoms with E-state index in [-0.39, 0.29) is 23.6 Å². The number of benzene rings is 1. The molecule has 0 saturated carbocycles. The molecule has 1 aliphatic heterocycles. The van der Waals surface area contributed by atoms with Gasteiger partial charge in [0.25, 0.3) is 5.70 Å². The Morgan fingerprint density at radius 3 is 2.43 bits per heavy atom. The van der Waals surface area contributed by atoms with Crippen LogP contribution in [0.2, 0.25) is 0 Å². The highest BCUT2D eigenvalue weighted by Crippen LogP contribution is 2.47. The van der Waals surface area contributed by atoms with Crippen LogP contribution in [0.15, 0.2) is 58.7 Å². The van der Waals surface area contributed by atoms with E-state index in [9.17, 15) is 19.7 Å². The van der Waals surface area contributed by atoms with Crippen molar-refractivity contribution in [2.75, 3.05) is 6.61 Å². The van der Waals surface area contributed by atoms with Crippen molar-refractivity contribution in [3.05, 3.63) is 84.9 Å². The summed E-state index contributed by atoms with van der Waals surface area (Å²) in [5.41, 5.74) is 1.86. The van der Waals surface area contributed by atoms with Gasteiger partial charge in [-0.25, -0.2) is 4.79 Å². The molecule has 2 heterocycles. The largest absolute Gasteiger partial charge is 0.463 e. The third-order valence-electron chi connectivity index (χ3n) is 5.01. The Balaban J connectivity index is 2.43. The molecule has 7 nitrogen and oxygen atoms in total. The van der Waals surface area contributed by atoms with Gasteiger partial charge in [-0.05, 0) is 43.3 Å². The molecule has 0 aliphatic carbocycles. The molecule has 0 spiro atoms. The topological polar surface area (TPSA) is 89.8 Å². The molecule has 1 amide bonds. The van der Waals surface area contributed by atoms with E-state index in [2.05, 4.69) is 0 Å². The molecule has 0 N–H and O–H groups in total. The Morgan fingerprint density at radius 2 is 1.90 bits per heavy atom. The van der Waals surface area contributed by atoms with Gasteiger partial charge in [-0.3, -0.25) is 19.8 Å². The Hall–Kier alpha value is -3.26. The zero-order chi connectivity index (χ0) is 22.0. The predicted molar refractivity (Wildman–Crippen MR) is 114 cm³/mol. The molecule has 1 aliphatic rings. The van der Waals surface area contributed by atoms with Crippen LogP contribution < -0.4 is 0 Å². The zero-order valence-corrected chi connectivity index (χ0v) is 18.0. The quantitative estimate of drug-likeness (QED) is 0.399. The van der Waals surface area contributed by atoms with Crippen LogP contribution in [0.5, 0.6) is 0 Å².